The minimum atomic E-state index is 0.631. The van der Waals surface area contributed by atoms with Gasteiger partial charge in [0, 0.05) is 18.3 Å². The first-order valence-corrected chi connectivity index (χ1v) is 7.03. The minimum absolute atomic E-state index is 0.631. The summed E-state index contributed by atoms with van der Waals surface area (Å²) in [6.07, 6.45) is 5.25. The molecule has 0 amide bonds. The van der Waals surface area contributed by atoms with Gasteiger partial charge >= 0.3 is 0 Å². The van der Waals surface area contributed by atoms with E-state index in [1.807, 2.05) is 13.0 Å². The first-order valence-electron chi connectivity index (χ1n) is 7.03. The summed E-state index contributed by atoms with van der Waals surface area (Å²) < 4.78 is 0. The van der Waals surface area contributed by atoms with Gasteiger partial charge in [-0.2, -0.15) is 0 Å². The molecule has 3 heteroatoms. The number of rotatable bonds is 4. The fraction of sp³-hybridized carbons (Fsp3) is 0.667. The summed E-state index contributed by atoms with van der Waals surface area (Å²) in [6.45, 7) is 3.80. The molecule has 18 heavy (non-hydrogen) atoms. The number of nitrogens with two attached hydrogens (primary N) is 1. The second-order valence-corrected chi connectivity index (χ2v) is 5.53. The first-order chi connectivity index (χ1) is 8.70. The fourth-order valence-corrected chi connectivity index (χ4v) is 3.10. The molecule has 2 unspecified atom stereocenters. The zero-order valence-electron chi connectivity index (χ0n) is 11.6. The molecule has 1 saturated carbocycles. The lowest BCUT2D eigenvalue weighted by atomic mass is 9.83. The van der Waals surface area contributed by atoms with Gasteiger partial charge in [-0.15, -0.1) is 0 Å². The zero-order chi connectivity index (χ0) is 13.0. The Kier molecular flexibility index (Phi) is 4.72. The molecule has 1 aliphatic carbocycles. The van der Waals surface area contributed by atoms with Crippen molar-refractivity contribution in [1.29, 1.82) is 0 Å². The van der Waals surface area contributed by atoms with E-state index in [0.29, 0.717) is 12.0 Å². The van der Waals surface area contributed by atoms with Crippen molar-refractivity contribution in [1.82, 2.24) is 9.88 Å². The minimum Gasteiger partial charge on any atom is -0.330 e. The number of nitrogens with zero attached hydrogens (tertiary/aromatic N) is 2. The van der Waals surface area contributed by atoms with E-state index in [0.717, 1.165) is 18.8 Å². The predicted molar refractivity (Wildman–Crippen MR) is 75.2 cm³/mol. The van der Waals surface area contributed by atoms with Crippen LogP contribution in [0.3, 0.4) is 0 Å². The molecule has 2 N–H and O–H groups in total. The molecular weight excluding hydrogens is 222 g/mol. The Balaban J connectivity index is 1.99. The Morgan fingerprint density at radius 2 is 2.11 bits per heavy atom. The van der Waals surface area contributed by atoms with E-state index in [1.54, 1.807) is 0 Å². The molecule has 2 rings (SSSR count). The van der Waals surface area contributed by atoms with E-state index in [4.69, 9.17) is 5.73 Å². The van der Waals surface area contributed by atoms with Crippen molar-refractivity contribution in [2.75, 3.05) is 13.6 Å². The smallest absolute Gasteiger partial charge is 0.0547 e. The van der Waals surface area contributed by atoms with Crippen molar-refractivity contribution >= 4 is 0 Å². The number of hydrogen-bond donors (Lipinski definition) is 1. The highest BCUT2D eigenvalue weighted by atomic mass is 15.1. The SMILES string of the molecule is Cc1cccc(CN(C)C2CCCCC2CN)n1. The molecule has 0 aliphatic heterocycles. The highest BCUT2D eigenvalue weighted by molar-refractivity contribution is 5.10. The first kappa shape index (κ1) is 13.5. The van der Waals surface area contributed by atoms with Gasteiger partial charge in [0.1, 0.15) is 0 Å². The number of pyridine rings is 1. The van der Waals surface area contributed by atoms with Crippen LogP contribution in [0, 0.1) is 12.8 Å². The standard InChI is InChI=1S/C15H25N3/c1-12-6-5-8-14(17-12)11-18(2)15-9-4-3-7-13(15)10-16/h5-6,8,13,15H,3-4,7,9-11,16H2,1-2H3. The number of aryl methyl sites for hydroxylation is 1. The van der Waals surface area contributed by atoms with Crippen molar-refractivity contribution in [3.63, 3.8) is 0 Å². The Bertz CT molecular complexity index is 378. The molecule has 1 aromatic rings. The van der Waals surface area contributed by atoms with Crippen LogP contribution in [0.5, 0.6) is 0 Å². The number of hydrogen-bond acceptors (Lipinski definition) is 3. The van der Waals surface area contributed by atoms with Crippen molar-refractivity contribution in [2.24, 2.45) is 11.7 Å². The molecule has 1 aromatic heterocycles. The normalized spacial score (nSPS) is 24.4. The van der Waals surface area contributed by atoms with Crippen LogP contribution in [0.15, 0.2) is 18.2 Å². The molecule has 0 aromatic carbocycles. The van der Waals surface area contributed by atoms with Gasteiger partial charge in [0.05, 0.1) is 5.69 Å². The molecule has 2 atom stereocenters. The van der Waals surface area contributed by atoms with E-state index in [9.17, 15) is 0 Å². The van der Waals surface area contributed by atoms with Gasteiger partial charge in [-0.1, -0.05) is 18.9 Å². The molecule has 1 heterocycles. The maximum Gasteiger partial charge on any atom is 0.0547 e. The van der Waals surface area contributed by atoms with Gasteiger partial charge in [-0.05, 0) is 51.4 Å². The summed E-state index contributed by atoms with van der Waals surface area (Å²) in [5.74, 6) is 0.661. The van der Waals surface area contributed by atoms with Gasteiger partial charge in [0.2, 0.25) is 0 Å². The second kappa shape index (κ2) is 6.30. The van der Waals surface area contributed by atoms with E-state index >= 15 is 0 Å². The lowest BCUT2D eigenvalue weighted by molar-refractivity contribution is 0.126. The van der Waals surface area contributed by atoms with Crippen LogP contribution in [0.1, 0.15) is 37.1 Å². The van der Waals surface area contributed by atoms with Gasteiger partial charge < -0.3 is 5.73 Å². The molecule has 0 radical (unpaired) electrons. The lowest BCUT2D eigenvalue weighted by Crippen LogP contribution is -2.42. The van der Waals surface area contributed by atoms with E-state index in [2.05, 4.69) is 29.1 Å². The zero-order valence-corrected chi connectivity index (χ0v) is 11.6. The van der Waals surface area contributed by atoms with Crippen LogP contribution in [-0.2, 0) is 6.54 Å². The van der Waals surface area contributed by atoms with Crippen LogP contribution in [0.25, 0.3) is 0 Å². The molecular formula is C15H25N3. The summed E-state index contributed by atoms with van der Waals surface area (Å²) in [7, 11) is 2.21. The second-order valence-electron chi connectivity index (χ2n) is 5.53. The molecule has 0 bridgehead atoms. The van der Waals surface area contributed by atoms with Crippen LogP contribution in [0.4, 0.5) is 0 Å². The average Bonchev–Trinajstić information content (AvgIpc) is 2.38. The Morgan fingerprint density at radius 3 is 2.83 bits per heavy atom. The summed E-state index contributed by atoms with van der Waals surface area (Å²) >= 11 is 0. The summed E-state index contributed by atoms with van der Waals surface area (Å²) in [6, 6.07) is 6.88. The Hall–Kier alpha value is -0.930. The lowest BCUT2D eigenvalue weighted by Gasteiger charge is -2.37. The highest BCUT2D eigenvalue weighted by Crippen LogP contribution is 2.27. The van der Waals surface area contributed by atoms with Crippen LogP contribution in [-0.4, -0.2) is 29.5 Å². The van der Waals surface area contributed by atoms with Crippen LogP contribution < -0.4 is 5.73 Å². The van der Waals surface area contributed by atoms with E-state index < -0.39 is 0 Å². The van der Waals surface area contributed by atoms with Gasteiger partial charge in [0.25, 0.3) is 0 Å². The topological polar surface area (TPSA) is 42.1 Å². The molecule has 1 fully saturated rings. The third kappa shape index (κ3) is 3.30. The third-order valence-electron chi connectivity index (χ3n) is 4.10. The van der Waals surface area contributed by atoms with Crippen molar-refractivity contribution in [3.05, 3.63) is 29.6 Å². The monoisotopic (exact) mass is 247 g/mol. The quantitative estimate of drug-likeness (QED) is 0.888. The van der Waals surface area contributed by atoms with Crippen molar-refractivity contribution in [2.45, 2.75) is 45.2 Å². The Morgan fingerprint density at radius 1 is 1.33 bits per heavy atom. The van der Waals surface area contributed by atoms with Crippen molar-refractivity contribution < 1.29 is 0 Å². The van der Waals surface area contributed by atoms with Gasteiger partial charge in [-0.3, -0.25) is 9.88 Å². The molecule has 3 nitrogen and oxygen atoms in total. The fourth-order valence-electron chi connectivity index (χ4n) is 3.10. The molecule has 0 saturated heterocycles. The third-order valence-corrected chi connectivity index (χ3v) is 4.10. The predicted octanol–water partition coefficient (Wildman–Crippen LogP) is 2.34. The van der Waals surface area contributed by atoms with Gasteiger partial charge in [-0.25, -0.2) is 0 Å². The summed E-state index contributed by atoms with van der Waals surface area (Å²) in [4.78, 5) is 7.03. The van der Waals surface area contributed by atoms with Crippen LogP contribution >= 0.6 is 0 Å². The number of aromatic nitrogens is 1. The molecule has 100 valence electrons. The van der Waals surface area contributed by atoms with E-state index in [1.165, 1.54) is 31.4 Å². The maximum atomic E-state index is 5.91. The maximum absolute atomic E-state index is 5.91. The van der Waals surface area contributed by atoms with Crippen molar-refractivity contribution in [3.8, 4) is 0 Å². The van der Waals surface area contributed by atoms with E-state index in [-0.39, 0.29) is 0 Å². The molecule has 1 aliphatic rings. The summed E-state index contributed by atoms with van der Waals surface area (Å²) in [5, 5.41) is 0. The average molecular weight is 247 g/mol. The summed E-state index contributed by atoms with van der Waals surface area (Å²) in [5.41, 5.74) is 8.17. The van der Waals surface area contributed by atoms with Crippen LogP contribution in [0.2, 0.25) is 0 Å². The molecule has 0 spiro atoms. The van der Waals surface area contributed by atoms with Gasteiger partial charge in [0.15, 0.2) is 0 Å². The highest BCUT2D eigenvalue weighted by Gasteiger charge is 2.27. The Labute approximate surface area is 110 Å². The largest absolute Gasteiger partial charge is 0.330 e.